The van der Waals surface area contributed by atoms with E-state index in [-0.39, 0.29) is 50.1 Å². The van der Waals surface area contributed by atoms with Crippen LogP contribution in [0.4, 0.5) is 10.5 Å². The molecule has 1 unspecified atom stereocenters. The van der Waals surface area contributed by atoms with Crippen molar-refractivity contribution < 1.29 is 86.5 Å². The van der Waals surface area contributed by atoms with Gasteiger partial charge in [0.25, 0.3) is 5.91 Å². The van der Waals surface area contributed by atoms with E-state index < -0.39 is 54.2 Å². The third kappa shape index (κ3) is 32.4. The number of hydrogen-bond acceptors (Lipinski definition) is 21. The number of carbonyl (C=O) groups is 8. The molecule has 30 heteroatoms. The Kier molecular flexibility index (Phi) is 39.6. The van der Waals surface area contributed by atoms with E-state index in [4.69, 9.17) is 58.9 Å². The van der Waals surface area contributed by atoms with E-state index in [2.05, 4.69) is 36.6 Å². The number of urea groups is 1. The molecule has 2 aliphatic rings. The van der Waals surface area contributed by atoms with Crippen LogP contribution in [-0.4, -0.2) is 240 Å². The lowest BCUT2D eigenvalue weighted by Crippen LogP contribution is -2.49. The van der Waals surface area contributed by atoms with Gasteiger partial charge in [-0.25, -0.2) is 9.80 Å². The van der Waals surface area contributed by atoms with E-state index in [9.17, 15) is 38.4 Å². The molecule has 0 saturated carbocycles. The van der Waals surface area contributed by atoms with Crippen LogP contribution in [0.2, 0.25) is 0 Å². The van der Waals surface area contributed by atoms with E-state index >= 15 is 0 Å². The van der Waals surface area contributed by atoms with Crippen LogP contribution in [0, 0.1) is 0 Å². The minimum Gasteiger partial charge on any atom is -0.481 e. The van der Waals surface area contributed by atoms with Crippen molar-refractivity contribution in [1.29, 1.82) is 0 Å². The first-order chi connectivity index (χ1) is 47.2. The molecule has 2 aromatic heterocycles. The van der Waals surface area contributed by atoms with E-state index in [0.717, 1.165) is 51.7 Å². The number of unbranched alkanes of at least 4 members (excludes halogenated alkanes) is 4. The second-order valence-electron chi connectivity index (χ2n) is 22.5. The molecule has 0 fully saturated rings. The van der Waals surface area contributed by atoms with Gasteiger partial charge >= 0.3 is 18.0 Å². The number of nitrogens with two attached hydrogens (primary N) is 1. The largest absolute Gasteiger partial charge is 0.481 e. The molecule has 3 atom stereocenters. The average Bonchev–Trinajstić information content (AvgIpc) is 1.32. The molecule has 7 amide bonds. The Morgan fingerprint density at radius 3 is 1.88 bits per heavy atom. The molecule has 0 bridgehead atoms. The Labute approximate surface area is 570 Å². The van der Waals surface area contributed by atoms with Crippen molar-refractivity contribution in [3.05, 3.63) is 102 Å². The van der Waals surface area contributed by atoms with E-state index in [1.54, 1.807) is 35.6 Å². The number of aromatic nitrogens is 2. The number of fused-ring (bicyclic) bond motifs is 2. The van der Waals surface area contributed by atoms with Gasteiger partial charge in [-0.2, -0.15) is 16.9 Å². The Morgan fingerprint density at radius 2 is 1.26 bits per heavy atom. The van der Waals surface area contributed by atoms with Gasteiger partial charge in [0, 0.05) is 94.5 Å². The zero-order valence-corrected chi connectivity index (χ0v) is 56.5. The van der Waals surface area contributed by atoms with Gasteiger partial charge in [0.1, 0.15) is 12.1 Å². The fraction of sp³-hybridized carbons (Fsp3) is 0.567. The average molecular weight is 1380 g/mol. The molecule has 6 rings (SSSR count). The summed E-state index contributed by atoms with van der Waals surface area (Å²) in [5.74, 6) is -4.06. The van der Waals surface area contributed by atoms with Gasteiger partial charge < -0.3 is 85.3 Å². The molecule has 4 heterocycles. The van der Waals surface area contributed by atoms with Crippen molar-refractivity contribution in [2.24, 2.45) is 10.8 Å². The highest BCUT2D eigenvalue weighted by Crippen LogP contribution is 2.34. The van der Waals surface area contributed by atoms with Crippen LogP contribution in [0.15, 0.2) is 84.4 Å². The number of amides is 7. The maximum absolute atomic E-state index is 14.3. The number of rotatable bonds is 49. The number of carboxylic acids is 2. The van der Waals surface area contributed by atoms with Crippen LogP contribution in [0.5, 0.6) is 0 Å². The Bertz CT molecular complexity index is 3030. The first kappa shape index (κ1) is 79.9. The number of nitrogens with one attached hydrogen (secondary N) is 5. The molecule has 0 spiro atoms. The topological polar surface area (TPSA) is 382 Å². The normalized spacial score (nSPS) is 14.0. The number of carbonyl (C=O) groups excluding carboxylic acids is 6. The highest BCUT2D eigenvalue weighted by atomic mass is 32.2. The molecule has 4 aromatic rings. The number of hydrogen-bond donors (Lipinski definition) is 8. The highest BCUT2D eigenvalue weighted by Gasteiger charge is 2.34. The van der Waals surface area contributed by atoms with Crippen LogP contribution < -0.4 is 32.3 Å². The van der Waals surface area contributed by atoms with Crippen LogP contribution in [0.1, 0.15) is 98.8 Å². The van der Waals surface area contributed by atoms with Crippen molar-refractivity contribution in [2.45, 2.75) is 102 Å². The quantitative estimate of drug-likeness (QED) is 0.0287. The predicted molar refractivity (Wildman–Crippen MR) is 363 cm³/mol. The summed E-state index contributed by atoms with van der Waals surface area (Å²) in [6, 6.07) is 17.2. The maximum Gasteiger partial charge on any atom is 0.322 e. The van der Waals surface area contributed by atoms with Crippen LogP contribution in [0.25, 0.3) is 10.9 Å². The lowest BCUT2D eigenvalue weighted by molar-refractivity contribution is -0.139. The number of carboxylic acid groups (broad SMARTS) is 2. The standard InChI is InChI=1S/C63H88N10O16.C4H9NO2S/c1-82-28-29-84-32-33-86-36-37-88-40-41-89-39-38-87-35-34-85-31-30-83-27-21-58(75)66-22-6-4-12-55(70-59(76)44-68-57(74)18-19-60(77)78)61(79)67-23-5-2-3-7-26-73-62(80)53(51-10-8-13-54-52(51)11-9-24-65-54)42-56(71-73)47-14-16-50(17-15-47)69-63(81)72-45-48-20-25-64-43-49(48)46-72;1-8-2-3(5)4(6)7/h8-11,13-17,20,24-25,43,53,55H,2-7,12,18-19,21-23,26-42,44-46H2,1H3,(H,66,75)(H,67,79)(H,68,74)(H,69,81)(H,70,76)(H,77,78);3H,2,5H2,1H3,(H,6,7)/t53?,55-;3-/m00/s1. The van der Waals surface area contributed by atoms with Gasteiger partial charge in [-0.15, -0.1) is 0 Å². The van der Waals surface area contributed by atoms with Gasteiger partial charge in [-0.1, -0.05) is 43.2 Å². The molecule has 0 saturated heterocycles. The number of hydrazone groups is 1. The third-order valence-electron chi connectivity index (χ3n) is 15.0. The Balaban J connectivity index is 0.00000199. The molecular formula is C67H97N11O18S. The smallest absolute Gasteiger partial charge is 0.322 e. The maximum atomic E-state index is 14.3. The second-order valence-corrected chi connectivity index (χ2v) is 23.4. The number of aliphatic carboxylic acids is 2. The zero-order valence-electron chi connectivity index (χ0n) is 55.7. The fourth-order valence-corrected chi connectivity index (χ4v) is 10.4. The number of pyridine rings is 2. The number of methoxy groups -OCH3 is 1. The predicted octanol–water partition coefficient (Wildman–Crippen LogP) is 4.24. The summed E-state index contributed by atoms with van der Waals surface area (Å²) in [6.07, 6.45) is 10.8. The van der Waals surface area contributed by atoms with Crippen molar-refractivity contribution in [3.8, 4) is 0 Å². The van der Waals surface area contributed by atoms with E-state index in [1.807, 2.05) is 66.9 Å². The summed E-state index contributed by atoms with van der Waals surface area (Å²) in [7, 11) is 1.63. The Morgan fingerprint density at radius 1 is 0.649 bits per heavy atom. The fourth-order valence-electron chi connectivity index (χ4n) is 9.86. The monoisotopic (exact) mass is 1380 g/mol. The first-order valence-electron chi connectivity index (χ1n) is 32.8. The SMILES string of the molecule is COCCOCCOCCOCCOCCOCCOCCOCCC(=O)NCCCC[C@H](NC(=O)CNC(=O)CCC(=O)O)C(=O)NCCCCCCN1N=C(c2ccc(NC(=O)N3Cc4ccncc4C3)cc2)CC(c2cccc3ncccc23)C1=O.CSC[C@H](N)C(=O)O. The zero-order chi connectivity index (χ0) is 69.7. The summed E-state index contributed by atoms with van der Waals surface area (Å²) in [6.45, 7) is 8.08. The van der Waals surface area contributed by atoms with Gasteiger partial charge in [0.2, 0.25) is 23.6 Å². The minimum atomic E-state index is -1.14. The summed E-state index contributed by atoms with van der Waals surface area (Å²) in [4.78, 5) is 110. The summed E-state index contributed by atoms with van der Waals surface area (Å²) >= 11 is 1.43. The molecular weight excluding hydrogens is 1280 g/mol. The van der Waals surface area contributed by atoms with Crippen LogP contribution in [0.3, 0.4) is 0 Å². The Hall–Kier alpha value is -7.78. The molecule has 2 aromatic carbocycles. The van der Waals surface area contributed by atoms with Crippen molar-refractivity contribution >= 4 is 81.6 Å². The van der Waals surface area contributed by atoms with Crippen molar-refractivity contribution in [2.75, 3.05) is 150 Å². The lowest BCUT2D eigenvalue weighted by atomic mass is 9.86. The summed E-state index contributed by atoms with van der Waals surface area (Å²) < 4.78 is 43.2. The van der Waals surface area contributed by atoms with E-state index in [1.165, 1.54) is 11.8 Å². The highest BCUT2D eigenvalue weighted by molar-refractivity contribution is 7.98. The molecule has 534 valence electrons. The molecule has 2 aliphatic heterocycles. The van der Waals surface area contributed by atoms with E-state index in [0.29, 0.717) is 169 Å². The second kappa shape index (κ2) is 48.0. The number of thioether (sulfide) groups is 1. The molecule has 29 nitrogen and oxygen atoms in total. The van der Waals surface area contributed by atoms with Crippen LogP contribution in [-0.2, 0) is 84.5 Å². The van der Waals surface area contributed by atoms with Gasteiger partial charge in [-0.3, -0.25) is 43.5 Å². The molecule has 0 radical (unpaired) electrons. The number of anilines is 1. The summed E-state index contributed by atoms with van der Waals surface area (Å²) in [5, 5.41) is 38.3. The van der Waals surface area contributed by atoms with Gasteiger partial charge in [-0.05, 0) is 90.9 Å². The van der Waals surface area contributed by atoms with Gasteiger partial charge in [0.15, 0.2) is 0 Å². The molecule has 9 N–H and O–H groups in total. The minimum absolute atomic E-state index is 0.118. The van der Waals surface area contributed by atoms with Crippen molar-refractivity contribution in [3.63, 3.8) is 0 Å². The molecule has 0 aliphatic carbocycles. The number of ether oxygens (including phenoxy) is 8. The third-order valence-corrected chi connectivity index (χ3v) is 15.7. The van der Waals surface area contributed by atoms with Gasteiger partial charge in [0.05, 0.1) is 129 Å². The summed E-state index contributed by atoms with van der Waals surface area (Å²) in [5.41, 5.74) is 11.0. The first-order valence-corrected chi connectivity index (χ1v) is 34.2. The lowest BCUT2D eigenvalue weighted by Gasteiger charge is -2.30. The number of benzene rings is 2. The van der Waals surface area contributed by atoms with Crippen LogP contribution >= 0.6 is 11.8 Å². The molecule has 97 heavy (non-hydrogen) atoms. The number of nitrogens with zero attached hydrogens (tertiary/aromatic N) is 5. The van der Waals surface area contributed by atoms with Crippen molar-refractivity contribution in [1.82, 2.24) is 41.1 Å².